The number of hydrogen-bond acceptors (Lipinski definition) is 7. The molecule has 0 spiro atoms. The van der Waals surface area contributed by atoms with Crippen LogP contribution in [0.5, 0.6) is 5.75 Å². The number of ether oxygens (including phenoxy) is 1. The van der Waals surface area contributed by atoms with Gasteiger partial charge in [-0.1, -0.05) is 23.7 Å². The first-order valence-electron chi connectivity index (χ1n) is 10.9. The summed E-state index contributed by atoms with van der Waals surface area (Å²) in [6, 6.07) is 7.94. The molecule has 7 nitrogen and oxygen atoms in total. The number of nitrogens with one attached hydrogen (secondary N) is 1. The molecule has 2 atom stereocenters. The number of likely N-dealkylation sites (tertiary alicyclic amines) is 1. The van der Waals surface area contributed by atoms with E-state index in [1.807, 2.05) is 4.72 Å². The average molecular weight is 583 g/mol. The van der Waals surface area contributed by atoms with Gasteiger partial charge in [0.05, 0.1) is 13.2 Å². The van der Waals surface area contributed by atoms with Crippen molar-refractivity contribution in [2.75, 3.05) is 31.0 Å². The second-order valence-electron chi connectivity index (χ2n) is 8.43. The quantitative estimate of drug-likeness (QED) is 0.362. The molecule has 200 valence electrons. The van der Waals surface area contributed by atoms with Crippen LogP contribution in [0.4, 0.5) is 27.1 Å². The Balaban J connectivity index is 1.53. The molecule has 2 aromatic carbocycles. The Morgan fingerprint density at radius 3 is 2.54 bits per heavy atom. The van der Waals surface area contributed by atoms with E-state index in [9.17, 15) is 30.4 Å². The van der Waals surface area contributed by atoms with Crippen molar-refractivity contribution in [1.82, 2.24) is 14.3 Å². The molecule has 37 heavy (non-hydrogen) atoms. The maximum atomic E-state index is 14.8. The van der Waals surface area contributed by atoms with Crippen LogP contribution in [0, 0.1) is 17.6 Å². The lowest BCUT2D eigenvalue weighted by Gasteiger charge is -2.39. The van der Waals surface area contributed by atoms with Gasteiger partial charge in [-0.2, -0.15) is 17.5 Å². The molecule has 0 bridgehead atoms. The SMILES string of the molecule is O=S(=O)(Nc1ncns1)c1cc(F)c(OCC2CN(CC(F)(F)F)CCC2c2ccc(Cl)cc2)cc1F. The smallest absolute Gasteiger partial charge is 0.401 e. The van der Waals surface area contributed by atoms with E-state index < -0.39 is 50.9 Å². The topological polar surface area (TPSA) is 84.4 Å². The Hall–Kier alpha value is -2.55. The summed E-state index contributed by atoms with van der Waals surface area (Å²) in [6.07, 6.45) is -2.91. The van der Waals surface area contributed by atoms with E-state index in [1.165, 1.54) is 4.90 Å². The summed E-state index contributed by atoms with van der Waals surface area (Å²) in [6.45, 7) is -1.13. The zero-order valence-corrected chi connectivity index (χ0v) is 21.3. The van der Waals surface area contributed by atoms with E-state index in [2.05, 4.69) is 9.36 Å². The first-order chi connectivity index (χ1) is 17.4. The summed E-state index contributed by atoms with van der Waals surface area (Å²) in [4.78, 5) is 3.92. The summed E-state index contributed by atoms with van der Waals surface area (Å²) < 4.78 is 104. The molecule has 1 N–H and O–H groups in total. The van der Waals surface area contributed by atoms with E-state index in [0.29, 0.717) is 35.1 Å². The first kappa shape index (κ1) is 27.5. The Morgan fingerprint density at radius 1 is 1.16 bits per heavy atom. The summed E-state index contributed by atoms with van der Waals surface area (Å²) in [7, 11) is -4.50. The van der Waals surface area contributed by atoms with Gasteiger partial charge in [0.2, 0.25) is 5.13 Å². The highest BCUT2D eigenvalue weighted by Crippen LogP contribution is 2.36. The molecule has 1 aliphatic heterocycles. The largest absolute Gasteiger partial charge is 0.490 e. The van der Waals surface area contributed by atoms with Crippen LogP contribution >= 0.6 is 23.1 Å². The highest BCUT2D eigenvalue weighted by atomic mass is 35.5. The van der Waals surface area contributed by atoms with Crippen molar-refractivity contribution in [2.24, 2.45) is 5.92 Å². The summed E-state index contributed by atoms with van der Waals surface area (Å²) >= 11 is 6.66. The lowest BCUT2D eigenvalue weighted by molar-refractivity contribution is -0.150. The van der Waals surface area contributed by atoms with Gasteiger partial charge in [-0.05, 0) is 36.6 Å². The Bertz CT molecular complexity index is 1330. The third-order valence-electron chi connectivity index (χ3n) is 5.83. The zero-order valence-electron chi connectivity index (χ0n) is 18.9. The van der Waals surface area contributed by atoms with Gasteiger partial charge in [-0.15, -0.1) is 0 Å². The molecule has 3 aromatic rings. The molecule has 4 rings (SSSR count). The summed E-state index contributed by atoms with van der Waals surface area (Å²) in [5, 5.41) is 0.369. The lowest BCUT2D eigenvalue weighted by Crippen LogP contribution is -2.45. The van der Waals surface area contributed by atoms with Gasteiger partial charge in [0.25, 0.3) is 10.0 Å². The van der Waals surface area contributed by atoms with Crippen LogP contribution in [0.2, 0.25) is 5.02 Å². The highest BCUT2D eigenvalue weighted by Gasteiger charge is 2.37. The number of aromatic nitrogens is 2. The van der Waals surface area contributed by atoms with E-state index >= 15 is 0 Å². The predicted octanol–water partition coefficient (Wildman–Crippen LogP) is 5.32. The van der Waals surface area contributed by atoms with Crippen molar-refractivity contribution >= 4 is 38.3 Å². The Labute approximate surface area is 218 Å². The summed E-state index contributed by atoms with van der Waals surface area (Å²) in [5.74, 6) is -3.70. The molecule has 1 aromatic heterocycles. The van der Waals surface area contributed by atoms with Gasteiger partial charge in [-0.3, -0.25) is 9.62 Å². The Kier molecular flexibility index (Phi) is 8.21. The van der Waals surface area contributed by atoms with Crippen LogP contribution < -0.4 is 9.46 Å². The molecule has 1 saturated heterocycles. The Morgan fingerprint density at radius 2 is 1.89 bits per heavy atom. The molecular formula is C22H20ClF5N4O3S2. The minimum absolute atomic E-state index is 0.00906. The van der Waals surface area contributed by atoms with Gasteiger partial charge in [0.1, 0.15) is 17.0 Å². The normalized spacial score (nSPS) is 19.1. The fourth-order valence-corrected chi connectivity index (χ4v) is 6.09. The van der Waals surface area contributed by atoms with Gasteiger partial charge in [-0.25, -0.2) is 22.2 Å². The average Bonchev–Trinajstić information content (AvgIpc) is 3.31. The maximum absolute atomic E-state index is 14.8. The van der Waals surface area contributed by atoms with Gasteiger partial charge >= 0.3 is 6.18 Å². The number of sulfonamides is 1. The highest BCUT2D eigenvalue weighted by molar-refractivity contribution is 7.93. The van der Waals surface area contributed by atoms with E-state index in [1.54, 1.807) is 24.3 Å². The van der Waals surface area contributed by atoms with Crippen LogP contribution in [-0.2, 0) is 10.0 Å². The second-order valence-corrected chi connectivity index (χ2v) is 11.3. The molecule has 1 fully saturated rings. The van der Waals surface area contributed by atoms with Gasteiger partial charge in [0.15, 0.2) is 11.6 Å². The molecule has 0 aliphatic carbocycles. The molecule has 0 radical (unpaired) electrons. The van der Waals surface area contributed by atoms with Gasteiger partial charge < -0.3 is 4.74 Å². The zero-order chi connectivity index (χ0) is 26.8. The number of hydrogen-bond donors (Lipinski definition) is 1. The number of halogens is 6. The third-order valence-corrected chi connectivity index (χ3v) is 8.15. The van der Waals surface area contributed by atoms with Crippen molar-refractivity contribution < 1.29 is 35.1 Å². The standard InChI is InChI=1S/C22H20ClF5N4O3S2/c23-15-3-1-13(2-4-15)16-5-6-32(11-22(26,27)28)9-14(16)10-35-19-7-18(25)20(8-17(19)24)37(33,34)31-21-29-12-30-36-21/h1-4,7-8,12,14,16H,5-6,9-11H2,(H,29,30,31). The lowest BCUT2D eigenvalue weighted by atomic mass is 9.81. The van der Waals surface area contributed by atoms with Gasteiger partial charge in [0, 0.05) is 41.2 Å². The minimum atomic E-state index is -4.50. The van der Waals surface area contributed by atoms with Crippen LogP contribution in [0.25, 0.3) is 0 Å². The van der Waals surface area contributed by atoms with Crippen LogP contribution in [0.1, 0.15) is 17.9 Å². The van der Waals surface area contributed by atoms with Crippen molar-refractivity contribution in [1.29, 1.82) is 0 Å². The fourth-order valence-electron chi connectivity index (χ4n) is 4.23. The van der Waals surface area contributed by atoms with E-state index in [4.69, 9.17) is 16.3 Å². The molecule has 2 heterocycles. The first-order valence-corrected chi connectivity index (χ1v) is 13.5. The van der Waals surface area contributed by atoms with E-state index in [0.717, 1.165) is 11.9 Å². The van der Waals surface area contributed by atoms with Crippen LogP contribution in [-0.4, -0.2) is 55.1 Å². The molecule has 0 saturated carbocycles. The van der Waals surface area contributed by atoms with Crippen molar-refractivity contribution in [3.05, 3.63) is 64.9 Å². The van der Waals surface area contributed by atoms with Crippen molar-refractivity contribution in [2.45, 2.75) is 23.4 Å². The monoisotopic (exact) mass is 582 g/mol. The van der Waals surface area contributed by atoms with Crippen LogP contribution in [0.15, 0.2) is 47.6 Å². The third kappa shape index (κ3) is 7.06. The number of anilines is 1. The van der Waals surface area contributed by atoms with E-state index in [-0.39, 0.29) is 30.7 Å². The number of alkyl halides is 3. The number of nitrogens with zero attached hydrogens (tertiary/aromatic N) is 3. The number of rotatable bonds is 8. The van der Waals surface area contributed by atoms with Crippen LogP contribution in [0.3, 0.4) is 0 Å². The molecule has 0 amide bonds. The van der Waals surface area contributed by atoms with Crippen molar-refractivity contribution in [3.8, 4) is 5.75 Å². The molecule has 2 unspecified atom stereocenters. The molecule has 15 heteroatoms. The van der Waals surface area contributed by atoms with Crippen molar-refractivity contribution in [3.63, 3.8) is 0 Å². The predicted molar refractivity (Wildman–Crippen MR) is 127 cm³/mol. The molecule has 1 aliphatic rings. The second kappa shape index (κ2) is 11.1. The minimum Gasteiger partial charge on any atom is -0.490 e. The molecular weight excluding hydrogens is 563 g/mol. The summed E-state index contributed by atoms with van der Waals surface area (Å²) in [5.41, 5.74) is 0.834. The maximum Gasteiger partial charge on any atom is 0.401 e. The fraction of sp³-hybridized carbons (Fsp3) is 0.364. The number of benzene rings is 2. The number of piperidine rings is 1.